The molecule has 1 N–H and O–H groups in total. The Bertz CT molecular complexity index is 640. The van der Waals surface area contributed by atoms with Crippen molar-refractivity contribution in [1.82, 2.24) is 9.78 Å². The van der Waals surface area contributed by atoms with Crippen molar-refractivity contribution < 1.29 is 0 Å². The molecule has 0 unspecified atom stereocenters. The topological polar surface area (TPSA) is 46.9 Å². The van der Waals surface area contributed by atoms with Gasteiger partial charge in [0.05, 0.1) is 11.9 Å². The molecule has 0 aliphatic rings. The van der Waals surface area contributed by atoms with E-state index < -0.39 is 0 Å². The second-order valence-corrected chi connectivity index (χ2v) is 5.69. The van der Waals surface area contributed by atoms with Gasteiger partial charge in [-0.15, -0.1) is 0 Å². The number of aryl methyl sites for hydroxylation is 1. The summed E-state index contributed by atoms with van der Waals surface area (Å²) in [6, 6.07) is 8.00. The van der Waals surface area contributed by atoms with Crippen LogP contribution in [0.5, 0.6) is 0 Å². The van der Waals surface area contributed by atoms with Crippen molar-refractivity contribution >= 4 is 37.5 Å². The first kappa shape index (κ1) is 14.3. The fourth-order valence-electron chi connectivity index (χ4n) is 1.66. The van der Waals surface area contributed by atoms with E-state index in [1.54, 1.807) is 6.20 Å². The van der Waals surface area contributed by atoms with Gasteiger partial charge in [-0.1, -0.05) is 28.1 Å². The highest BCUT2D eigenvalue weighted by Crippen LogP contribution is 2.18. The van der Waals surface area contributed by atoms with E-state index in [1.165, 1.54) is 4.68 Å². The van der Waals surface area contributed by atoms with E-state index in [0.717, 1.165) is 10.0 Å². The largest absolute Gasteiger partial charge is 0.379 e. The van der Waals surface area contributed by atoms with Crippen molar-refractivity contribution in [2.75, 3.05) is 5.32 Å². The third kappa shape index (κ3) is 3.45. The van der Waals surface area contributed by atoms with E-state index in [-0.39, 0.29) is 5.56 Å². The lowest BCUT2D eigenvalue weighted by Gasteiger charge is -2.09. The van der Waals surface area contributed by atoms with Gasteiger partial charge in [-0.2, -0.15) is 5.10 Å². The van der Waals surface area contributed by atoms with Gasteiger partial charge in [-0.25, -0.2) is 4.68 Å². The van der Waals surface area contributed by atoms with Gasteiger partial charge < -0.3 is 5.32 Å². The van der Waals surface area contributed by atoms with E-state index in [4.69, 9.17) is 0 Å². The summed E-state index contributed by atoms with van der Waals surface area (Å²) in [7, 11) is 0. The number of nitrogens with zero attached hydrogens (tertiary/aromatic N) is 2. The van der Waals surface area contributed by atoms with Crippen LogP contribution in [0.25, 0.3) is 0 Å². The van der Waals surface area contributed by atoms with Gasteiger partial charge in [0.1, 0.15) is 4.47 Å². The van der Waals surface area contributed by atoms with Gasteiger partial charge in [0.25, 0.3) is 5.56 Å². The zero-order chi connectivity index (χ0) is 13.8. The highest BCUT2D eigenvalue weighted by Gasteiger charge is 2.07. The Morgan fingerprint density at radius 3 is 2.84 bits per heavy atom. The molecule has 19 heavy (non-hydrogen) atoms. The number of benzene rings is 1. The number of hydrogen-bond donors (Lipinski definition) is 1. The van der Waals surface area contributed by atoms with Crippen LogP contribution in [-0.4, -0.2) is 9.78 Å². The number of anilines is 1. The molecule has 1 heterocycles. The summed E-state index contributed by atoms with van der Waals surface area (Å²) < 4.78 is 2.96. The van der Waals surface area contributed by atoms with E-state index in [2.05, 4.69) is 42.3 Å². The molecule has 0 radical (unpaired) electrons. The summed E-state index contributed by atoms with van der Waals surface area (Å²) in [5.41, 5.74) is 1.71. The number of halogens is 2. The van der Waals surface area contributed by atoms with E-state index in [1.807, 2.05) is 31.2 Å². The van der Waals surface area contributed by atoms with E-state index in [9.17, 15) is 4.79 Å². The average molecular weight is 387 g/mol. The Morgan fingerprint density at radius 2 is 2.16 bits per heavy atom. The molecule has 0 bridgehead atoms. The molecule has 1 aromatic heterocycles. The SMILES string of the molecule is CCn1ncc(NCc2cccc(Br)c2)c(Br)c1=O. The molecule has 4 nitrogen and oxygen atoms in total. The van der Waals surface area contributed by atoms with Crippen molar-refractivity contribution in [3.05, 3.63) is 55.3 Å². The molecule has 100 valence electrons. The van der Waals surface area contributed by atoms with Crippen molar-refractivity contribution in [3.63, 3.8) is 0 Å². The Kier molecular flexibility index (Phi) is 4.76. The van der Waals surface area contributed by atoms with Crippen LogP contribution in [0.15, 0.2) is 44.2 Å². The summed E-state index contributed by atoms with van der Waals surface area (Å²) in [5, 5.41) is 7.29. The van der Waals surface area contributed by atoms with Crippen LogP contribution in [0.1, 0.15) is 12.5 Å². The number of hydrogen-bond acceptors (Lipinski definition) is 3. The smallest absolute Gasteiger partial charge is 0.283 e. The van der Waals surface area contributed by atoms with Crippen molar-refractivity contribution in [2.45, 2.75) is 20.0 Å². The maximum absolute atomic E-state index is 11.9. The Balaban J connectivity index is 2.16. The minimum absolute atomic E-state index is 0.123. The number of aromatic nitrogens is 2. The highest BCUT2D eigenvalue weighted by atomic mass is 79.9. The van der Waals surface area contributed by atoms with Crippen LogP contribution in [0.2, 0.25) is 0 Å². The monoisotopic (exact) mass is 385 g/mol. The second kappa shape index (κ2) is 6.34. The number of nitrogens with one attached hydrogen (secondary N) is 1. The zero-order valence-electron chi connectivity index (χ0n) is 10.4. The fourth-order valence-corrected chi connectivity index (χ4v) is 2.55. The summed E-state index contributed by atoms with van der Waals surface area (Å²) in [5.74, 6) is 0. The van der Waals surface area contributed by atoms with Crippen LogP contribution >= 0.6 is 31.9 Å². The molecule has 1 aromatic carbocycles. The molecule has 0 atom stereocenters. The van der Waals surface area contributed by atoms with Crippen LogP contribution in [0.4, 0.5) is 5.69 Å². The number of rotatable bonds is 4. The summed E-state index contributed by atoms with van der Waals surface area (Å²) in [4.78, 5) is 11.9. The third-order valence-corrected chi connectivity index (χ3v) is 3.92. The normalized spacial score (nSPS) is 10.5. The molecule has 0 amide bonds. The van der Waals surface area contributed by atoms with E-state index >= 15 is 0 Å². The molecular weight excluding hydrogens is 374 g/mol. The van der Waals surface area contributed by atoms with Gasteiger partial charge in [0, 0.05) is 17.6 Å². The first-order valence-electron chi connectivity index (χ1n) is 5.85. The standard InChI is InChI=1S/C13H13Br2N3O/c1-2-18-13(19)12(15)11(8-17-18)16-7-9-4-3-5-10(14)6-9/h3-6,8,16H,2,7H2,1H3. The first-order chi connectivity index (χ1) is 9.11. The molecule has 0 spiro atoms. The van der Waals surface area contributed by atoms with Crippen LogP contribution < -0.4 is 10.9 Å². The molecule has 0 aliphatic carbocycles. The third-order valence-electron chi connectivity index (χ3n) is 2.66. The Hall–Kier alpha value is -1.14. The molecule has 6 heteroatoms. The van der Waals surface area contributed by atoms with Gasteiger partial charge in [0.2, 0.25) is 0 Å². The molecule has 2 rings (SSSR count). The maximum atomic E-state index is 11.9. The highest BCUT2D eigenvalue weighted by molar-refractivity contribution is 9.10. The van der Waals surface area contributed by atoms with Crippen molar-refractivity contribution in [3.8, 4) is 0 Å². The van der Waals surface area contributed by atoms with Crippen molar-refractivity contribution in [1.29, 1.82) is 0 Å². The van der Waals surface area contributed by atoms with Gasteiger partial charge in [-0.05, 0) is 40.5 Å². The summed E-state index contributed by atoms with van der Waals surface area (Å²) in [6.45, 7) is 3.08. The predicted octanol–water partition coefficient (Wildman–Crippen LogP) is 3.40. The van der Waals surface area contributed by atoms with Crippen molar-refractivity contribution in [2.24, 2.45) is 0 Å². The summed E-state index contributed by atoms with van der Waals surface area (Å²) >= 11 is 6.75. The van der Waals surface area contributed by atoms with E-state index in [0.29, 0.717) is 23.2 Å². The van der Waals surface area contributed by atoms with Gasteiger partial charge in [0.15, 0.2) is 0 Å². The molecule has 0 aliphatic heterocycles. The average Bonchev–Trinajstić information content (AvgIpc) is 2.41. The molecule has 0 saturated heterocycles. The lowest BCUT2D eigenvalue weighted by molar-refractivity contribution is 0.613. The predicted molar refractivity (Wildman–Crippen MR) is 83.3 cm³/mol. The van der Waals surface area contributed by atoms with Gasteiger partial charge >= 0.3 is 0 Å². The van der Waals surface area contributed by atoms with Crippen LogP contribution in [-0.2, 0) is 13.1 Å². The zero-order valence-corrected chi connectivity index (χ0v) is 13.5. The molecule has 0 fully saturated rings. The minimum atomic E-state index is -0.123. The lowest BCUT2D eigenvalue weighted by Crippen LogP contribution is -2.23. The molecule has 2 aromatic rings. The maximum Gasteiger partial charge on any atom is 0.283 e. The second-order valence-electron chi connectivity index (χ2n) is 3.98. The van der Waals surface area contributed by atoms with Crippen LogP contribution in [0, 0.1) is 0 Å². The Labute approximate surface area is 128 Å². The quantitative estimate of drug-likeness (QED) is 0.875. The first-order valence-corrected chi connectivity index (χ1v) is 7.44. The van der Waals surface area contributed by atoms with Gasteiger partial charge in [-0.3, -0.25) is 4.79 Å². The van der Waals surface area contributed by atoms with Crippen LogP contribution in [0.3, 0.4) is 0 Å². The summed E-state index contributed by atoms with van der Waals surface area (Å²) in [6.07, 6.45) is 1.66. The molecule has 0 saturated carbocycles. The lowest BCUT2D eigenvalue weighted by atomic mass is 10.2. The molecular formula is C13H13Br2N3O. The fraction of sp³-hybridized carbons (Fsp3) is 0.231. The Morgan fingerprint density at radius 1 is 1.37 bits per heavy atom. The minimum Gasteiger partial charge on any atom is -0.379 e.